The predicted molar refractivity (Wildman–Crippen MR) is 106 cm³/mol. The van der Waals surface area contributed by atoms with E-state index in [1.807, 2.05) is 0 Å². The zero-order valence-electron chi connectivity index (χ0n) is 16.7. The van der Waals surface area contributed by atoms with Crippen molar-refractivity contribution in [2.75, 3.05) is 12.4 Å². The van der Waals surface area contributed by atoms with Gasteiger partial charge in [0.15, 0.2) is 11.6 Å². The number of rotatable bonds is 4. The van der Waals surface area contributed by atoms with Crippen LogP contribution in [0.4, 0.5) is 23.2 Å². The number of nitrogens with two attached hydrogens (primary N) is 1. The van der Waals surface area contributed by atoms with E-state index in [1.165, 1.54) is 37.4 Å². The molecular weight excluding hydrogens is 434 g/mol. The van der Waals surface area contributed by atoms with Gasteiger partial charge in [-0.2, -0.15) is 0 Å². The van der Waals surface area contributed by atoms with E-state index in [1.54, 1.807) is 0 Å². The number of ether oxygens (including phenoxy) is 2. The molecule has 7 nitrogen and oxygen atoms in total. The average molecular weight is 453 g/mol. The Labute approximate surface area is 180 Å². The molecule has 1 aliphatic heterocycles. The Morgan fingerprint density at radius 3 is 2.38 bits per heavy atom. The van der Waals surface area contributed by atoms with Crippen molar-refractivity contribution in [3.63, 3.8) is 0 Å². The van der Waals surface area contributed by atoms with Crippen LogP contribution >= 0.6 is 0 Å². The first-order chi connectivity index (χ1) is 15.2. The van der Waals surface area contributed by atoms with Gasteiger partial charge >= 0.3 is 5.97 Å². The number of hydrogen-bond acceptors (Lipinski definition) is 6. The van der Waals surface area contributed by atoms with Crippen LogP contribution in [0.25, 0.3) is 0 Å². The summed E-state index contributed by atoms with van der Waals surface area (Å²) < 4.78 is 59.6. The maximum absolute atomic E-state index is 13.0. The molecule has 0 spiro atoms. The molecule has 2 aromatic carbocycles. The molecule has 2 aliphatic rings. The molecule has 3 atom stereocenters. The molecule has 0 saturated heterocycles. The number of esters is 1. The highest BCUT2D eigenvalue weighted by Gasteiger charge is 2.52. The second-order valence-corrected chi connectivity index (χ2v) is 7.00. The fraction of sp³-hybridized carbons (Fsp3) is 0.286. The summed E-state index contributed by atoms with van der Waals surface area (Å²) in [6.07, 6.45) is -1.84. The Hall–Kier alpha value is -3.63. The lowest BCUT2D eigenvalue weighted by atomic mass is 10.1. The predicted octanol–water partition coefficient (Wildman–Crippen LogP) is 3.36. The van der Waals surface area contributed by atoms with E-state index in [9.17, 15) is 27.2 Å². The molecule has 11 heteroatoms. The first kappa shape index (κ1) is 23.0. The Balaban J connectivity index is 0.000000219. The second-order valence-electron chi connectivity index (χ2n) is 7.00. The van der Waals surface area contributed by atoms with Crippen LogP contribution < -0.4 is 11.1 Å². The number of carbonyl (C=O) groups is 2. The van der Waals surface area contributed by atoms with Crippen LogP contribution in [-0.4, -0.2) is 43.6 Å². The van der Waals surface area contributed by atoms with Crippen LogP contribution in [0.2, 0.25) is 0 Å². The van der Waals surface area contributed by atoms with E-state index in [4.69, 9.17) is 10.5 Å². The number of methoxy groups -OCH3 is 1. The maximum Gasteiger partial charge on any atom is 0.337 e. The Kier molecular flexibility index (Phi) is 6.96. The number of anilines is 1. The number of nitrogens with zero attached hydrogens (tertiary/aromatic N) is 1. The van der Waals surface area contributed by atoms with Gasteiger partial charge in [0.05, 0.1) is 12.7 Å². The van der Waals surface area contributed by atoms with Crippen molar-refractivity contribution in [3.05, 3.63) is 65.2 Å². The molecule has 1 amide bonds. The van der Waals surface area contributed by atoms with Crippen molar-refractivity contribution >= 4 is 23.6 Å². The number of hydrogen-bond donors (Lipinski definition) is 2. The molecule has 3 N–H and O–H groups in total. The minimum Gasteiger partial charge on any atom is -0.465 e. The Morgan fingerprint density at radius 2 is 1.78 bits per heavy atom. The Bertz CT molecular complexity index is 1030. The fourth-order valence-electron chi connectivity index (χ4n) is 3.01. The molecule has 1 aliphatic carbocycles. The van der Waals surface area contributed by atoms with Gasteiger partial charge in [-0.3, -0.25) is 4.79 Å². The number of carbonyl (C=O) groups excluding carboxylic acids is 2. The van der Waals surface area contributed by atoms with E-state index in [0.717, 1.165) is 12.1 Å². The third kappa shape index (κ3) is 5.54. The number of fused-ring (bicyclic) bond motifs is 1. The van der Waals surface area contributed by atoms with Crippen molar-refractivity contribution in [1.29, 1.82) is 0 Å². The van der Waals surface area contributed by atoms with Gasteiger partial charge in [-0.1, -0.05) is 0 Å². The van der Waals surface area contributed by atoms with E-state index >= 15 is 0 Å². The van der Waals surface area contributed by atoms with Crippen LogP contribution in [0.1, 0.15) is 27.1 Å². The summed E-state index contributed by atoms with van der Waals surface area (Å²) in [7, 11) is 1.26. The van der Waals surface area contributed by atoms with Crippen LogP contribution in [0.5, 0.6) is 0 Å². The molecule has 1 heterocycles. The molecule has 1 fully saturated rings. The Morgan fingerprint density at radius 1 is 1.12 bits per heavy atom. The summed E-state index contributed by atoms with van der Waals surface area (Å²) in [6.45, 7) is 0. The molecular formula is C21H19F4N3O4. The minimum atomic E-state index is -2.41. The van der Waals surface area contributed by atoms with Gasteiger partial charge < -0.3 is 20.5 Å². The highest BCUT2D eigenvalue weighted by atomic mass is 19.3. The van der Waals surface area contributed by atoms with Gasteiger partial charge in [-0.05, 0) is 42.8 Å². The normalized spacial score (nSPS) is 20.7. The lowest BCUT2D eigenvalue weighted by Gasteiger charge is -2.17. The highest BCUT2D eigenvalue weighted by Crippen LogP contribution is 2.42. The fourth-order valence-corrected chi connectivity index (χ4v) is 3.01. The third-order valence-corrected chi connectivity index (χ3v) is 4.77. The summed E-state index contributed by atoms with van der Waals surface area (Å²) in [5.74, 6) is -3.15. The topological polar surface area (TPSA) is 103 Å². The molecule has 0 radical (unpaired) electrons. The number of halogens is 4. The van der Waals surface area contributed by atoms with Crippen molar-refractivity contribution in [3.8, 4) is 0 Å². The number of nitrogens with one attached hydrogen (secondary N) is 1. The molecule has 3 unspecified atom stereocenters. The number of aliphatic imine (C=N–C) groups is 1. The van der Waals surface area contributed by atoms with Gasteiger partial charge in [-0.25, -0.2) is 27.3 Å². The smallest absolute Gasteiger partial charge is 0.337 e. The lowest BCUT2D eigenvalue weighted by Crippen LogP contribution is -2.32. The molecule has 170 valence electrons. The highest BCUT2D eigenvalue weighted by molar-refractivity contribution is 6.04. The van der Waals surface area contributed by atoms with Crippen molar-refractivity contribution in [2.24, 2.45) is 16.6 Å². The zero-order chi connectivity index (χ0) is 23.4. The second kappa shape index (κ2) is 9.67. The standard InChI is InChI=1S/C15H11F2NO3.C6H8F2N2O/c1-21-15(20)10-4-2-9(3-5-10)14(19)18-11-6-7-12(16)13(17)8-11;7-5(8)4-2-1-3(2)11-6(9)10-4/h2-8H,1H3,(H,18,19);2-5H,1H2,(H2,9,10). The molecule has 2 aromatic rings. The van der Waals surface area contributed by atoms with Gasteiger partial charge in [0.2, 0.25) is 0 Å². The minimum absolute atomic E-state index is 0.0888. The monoisotopic (exact) mass is 453 g/mol. The van der Waals surface area contributed by atoms with Gasteiger partial charge in [0, 0.05) is 23.2 Å². The van der Waals surface area contributed by atoms with E-state index < -0.39 is 36.0 Å². The SMILES string of the molecule is COC(=O)c1ccc(C(=O)Nc2ccc(F)c(F)c2)cc1.NC1=NC(C(F)F)C2CC2O1. The summed E-state index contributed by atoms with van der Waals surface area (Å²) >= 11 is 0. The van der Waals surface area contributed by atoms with E-state index in [2.05, 4.69) is 15.0 Å². The average Bonchev–Trinajstić information content (AvgIpc) is 3.55. The van der Waals surface area contributed by atoms with E-state index in [0.29, 0.717) is 12.0 Å². The summed E-state index contributed by atoms with van der Waals surface area (Å²) in [6, 6.07) is 7.78. The lowest BCUT2D eigenvalue weighted by molar-refractivity contribution is 0.0600. The van der Waals surface area contributed by atoms with Gasteiger partial charge in [0.25, 0.3) is 18.4 Å². The summed E-state index contributed by atoms with van der Waals surface area (Å²) in [5, 5.41) is 2.43. The molecule has 1 saturated carbocycles. The first-order valence-electron chi connectivity index (χ1n) is 9.42. The number of alkyl halides is 2. The van der Waals surface area contributed by atoms with Crippen molar-refractivity contribution < 1.29 is 36.6 Å². The zero-order valence-corrected chi connectivity index (χ0v) is 16.7. The summed E-state index contributed by atoms with van der Waals surface area (Å²) in [4.78, 5) is 26.7. The van der Waals surface area contributed by atoms with Crippen LogP contribution in [0.15, 0.2) is 47.5 Å². The third-order valence-electron chi connectivity index (χ3n) is 4.77. The first-order valence-corrected chi connectivity index (χ1v) is 9.42. The van der Waals surface area contributed by atoms with Gasteiger partial charge in [0.1, 0.15) is 12.1 Å². The van der Waals surface area contributed by atoms with Gasteiger partial charge in [-0.15, -0.1) is 0 Å². The quantitative estimate of drug-likeness (QED) is 0.546. The largest absolute Gasteiger partial charge is 0.465 e. The number of benzene rings is 2. The molecule has 32 heavy (non-hydrogen) atoms. The van der Waals surface area contributed by atoms with Crippen LogP contribution in [0, 0.1) is 17.6 Å². The summed E-state index contributed by atoms with van der Waals surface area (Å²) in [5.41, 5.74) is 5.89. The molecule has 0 bridgehead atoms. The molecule has 4 rings (SSSR count). The van der Waals surface area contributed by atoms with Crippen molar-refractivity contribution in [1.82, 2.24) is 0 Å². The van der Waals surface area contributed by atoms with Crippen LogP contribution in [0.3, 0.4) is 0 Å². The number of amidine groups is 1. The molecule has 0 aromatic heterocycles. The maximum atomic E-state index is 13.0. The van der Waals surface area contributed by atoms with E-state index in [-0.39, 0.29) is 29.3 Å². The number of amides is 1. The van der Waals surface area contributed by atoms with Crippen LogP contribution in [-0.2, 0) is 9.47 Å². The van der Waals surface area contributed by atoms with Crippen molar-refractivity contribution in [2.45, 2.75) is 25.0 Å².